The quantitative estimate of drug-likeness (QED) is 0.829. The third kappa shape index (κ3) is 4.11. The lowest BCUT2D eigenvalue weighted by Crippen LogP contribution is -2.32. The molecule has 1 unspecified atom stereocenters. The van der Waals surface area contributed by atoms with E-state index in [1.807, 2.05) is 0 Å². The van der Waals surface area contributed by atoms with Crippen molar-refractivity contribution in [2.24, 2.45) is 0 Å². The van der Waals surface area contributed by atoms with E-state index in [4.69, 9.17) is 5.11 Å². The largest absolute Gasteiger partial charge is 0.396 e. The minimum Gasteiger partial charge on any atom is -0.396 e. The lowest BCUT2D eigenvalue weighted by atomic mass is 10.1. The standard InChI is InChI=1S/C12H15F2NO2/c1-8(3-2-6-16)15-12(17)9-4-5-10(13)11(14)7-9/h4-5,7-8,16H,2-3,6H2,1H3,(H,15,17). The molecule has 1 aromatic rings. The monoisotopic (exact) mass is 243 g/mol. The van der Waals surface area contributed by atoms with Crippen LogP contribution < -0.4 is 5.32 Å². The first-order valence-corrected chi connectivity index (χ1v) is 5.41. The van der Waals surface area contributed by atoms with Crippen LogP contribution in [0.25, 0.3) is 0 Å². The fourth-order valence-corrected chi connectivity index (χ4v) is 1.41. The second kappa shape index (κ2) is 6.30. The predicted octanol–water partition coefficient (Wildman–Crippen LogP) is 1.86. The lowest BCUT2D eigenvalue weighted by molar-refractivity contribution is 0.0936. The van der Waals surface area contributed by atoms with Crippen molar-refractivity contribution >= 4 is 5.91 Å². The first-order chi connectivity index (χ1) is 8.04. The molecule has 0 aliphatic carbocycles. The van der Waals surface area contributed by atoms with E-state index >= 15 is 0 Å². The number of halogens is 2. The van der Waals surface area contributed by atoms with Gasteiger partial charge in [0.25, 0.3) is 5.91 Å². The van der Waals surface area contributed by atoms with Crippen LogP contribution in [0.15, 0.2) is 18.2 Å². The first-order valence-electron chi connectivity index (χ1n) is 5.41. The Labute approximate surface area is 98.5 Å². The Kier molecular flexibility index (Phi) is 5.03. The molecule has 0 heterocycles. The van der Waals surface area contributed by atoms with Crippen molar-refractivity contribution < 1.29 is 18.7 Å². The topological polar surface area (TPSA) is 49.3 Å². The third-order valence-corrected chi connectivity index (χ3v) is 2.35. The van der Waals surface area contributed by atoms with Crippen molar-refractivity contribution in [2.45, 2.75) is 25.8 Å². The molecule has 0 saturated heterocycles. The van der Waals surface area contributed by atoms with E-state index in [1.165, 1.54) is 6.07 Å². The maximum absolute atomic E-state index is 12.9. The molecule has 3 nitrogen and oxygen atoms in total. The molecule has 0 spiro atoms. The summed E-state index contributed by atoms with van der Waals surface area (Å²) < 4.78 is 25.5. The van der Waals surface area contributed by atoms with Gasteiger partial charge in [0.1, 0.15) is 0 Å². The van der Waals surface area contributed by atoms with Crippen molar-refractivity contribution in [3.8, 4) is 0 Å². The van der Waals surface area contributed by atoms with Gasteiger partial charge in [-0.05, 0) is 38.0 Å². The van der Waals surface area contributed by atoms with Crippen LogP contribution in [0, 0.1) is 11.6 Å². The molecular weight excluding hydrogens is 228 g/mol. The summed E-state index contributed by atoms with van der Waals surface area (Å²) in [5, 5.41) is 11.3. The second-order valence-corrected chi connectivity index (χ2v) is 3.87. The number of aliphatic hydroxyl groups excluding tert-OH is 1. The number of hydrogen-bond acceptors (Lipinski definition) is 2. The summed E-state index contributed by atoms with van der Waals surface area (Å²) in [5.41, 5.74) is 0.0831. The zero-order chi connectivity index (χ0) is 12.8. The Bertz CT molecular complexity index is 396. The van der Waals surface area contributed by atoms with Gasteiger partial charge in [-0.3, -0.25) is 4.79 Å². The number of aliphatic hydroxyl groups is 1. The summed E-state index contributed by atoms with van der Waals surface area (Å²) >= 11 is 0. The smallest absolute Gasteiger partial charge is 0.251 e. The Morgan fingerprint density at radius 1 is 1.41 bits per heavy atom. The zero-order valence-corrected chi connectivity index (χ0v) is 9.54. The molecule has 0 aromatic heterocycles. The van der Waals surface area contributed by atoms with Crippen molar-refractivity contribution in [3.05, 3.63) is 35.4 Å². The van der Waals surface area contributed by atoms with Gasteiger partial charge in [-0.1, -0.05) is 0 Å². The normalized spacial score (nSPS) is 12.2. The van der Waals surface area contributed by atoms with Gasteiger partial charge >= 0.3 is 0 Å². The summed E-state index contributed by atoms with van der Waals surface area (Å²) in [4.78, 5) is 11.6. The van der Waals surface area contributed by atoms with Crippen LogP contribution in [0.5, 0.6) is 0 Å². The predicted molar refractivity (Wildman–Crippen MR) is 59.6 cm³/mol. The highest BCUT2D eigenvalue weighted by molar-refractivity contribution is 5.94. The SMILES string of the molecule is CC(CCCO)NC(=O)c1ccc(F)c(F)c1. The lowest BCUT2D eigenvalue weighted by Gasteiger charge is -2.13. The van der Waals surface area contributed by atoms with E-state index in [2.05, 4.69) is 5.32 Å². The highest BCUT2D eigenvalue weighted by Crippen LogP contribution is 2.09. The molecule has 0 aliphatic rings. The number of amides is 1. The van der Waals surface area contributed by atoms with Gasteiger partial charge < -0.3 is 10.4 Å². The van der Waals surface area contributed by atoms with Gasteiger partial charge in [0.2, 0.25) is 0 Å². The van der Waals surface area contributed by atoms with Crippen molar-refractivity contribution in [3.63, 3.8) is 0 Å². The maximum atomic E-state index is 12.9. The van der Waals surface area contributed by atoms with E-state index in [0.29, 0.717) is 12.8 Å². The van der Waals surface area contributed by atoms with Crippen LogP contribution >= 0.6 is 0 Å². The van der Waals surface area contributed by atoms with Crippen molar-refractivity contribution in [1.29, 1.82) is 0 Å². The first kappa shape index (κ1) is 13.6. The van der Waals surface area contributed by atoms with Crippen LogP contribution in [-0.2, 0) is 0 Å². The molecule has 0 radical (unpaired) electrons. The summed E-state index contributed by atoms with van der Waals surface area (Å²) in [5.74, 6) is -2.47. The van der Waals surface area contributed by atoms with Gasteiger partial charge in [0.15, 0.2) is 11.6 Å². The average molecular weight is 243 g/mol. The molecule has 2 N–H and O–H groups in total. The Balaban J connectivity index is 2.60. The van der Waals surface area contributed by atoms with Gasteiger partial charge in [-0.2, -0.15) is 0 Å². The number of carbonyl (C=O) groups excluding carboxylic acids is 1. The molecule has 1 rings (SSSR count). The molecular formula is C12H15F2NO2. The average Bonchev–Trinajstić information content (AvgIpc) is 2.30. The minimum atomic E-state index is -1.04. The van der Waals surface area contributed by atoms with Gasteiger partial charge in [-0.25, -0.2) is 8.78 Å². The van der Waals surface area contributed by atoms with Crippen LogP contribution in [-0.4, -0.2) is 23.7 Å². The number of carbonyl (C=O) groups is 1. The highest BCUT2D eigenvalue weighted by atomic mass is 19.2. The van der Waals surface area contributed by atoms with Crippen LogP contribution in [0.2, 0.25) is 0 Å². The van der Waals surface area contributed by atoms with Crippen LogP contribution in [0.3, 0.4) is 0 Å². The van der Waals surface area contributed by atoms with E-state index in [1.54, 1.807) is 6.92 Å². The molecule has 0 fully saturated rings. The summed E-state index contributed by atoms with van der Waals surface area (Å²) in [6.07, 6.45) is 1.21. The Morgan fingerprint density at radius 3 is 2.71 bits per heavy atom. The van der Waals surface area contributed by atoms with E-state index in [0.717, 1.165) is 12.1 Å². The molecule has 1 amide bonds. The van der Waals surface area contributed by atoms with Crippen molar-refractivity contribution in [2.75, 3.05) is 6.61 Å². The van der Waals surface area contributed by atoms with Gasteiger partial charge in [0, 0.05) is 18.2 Å². The second-order valence-electron chi connectivity index (χ2n) is 3.87. The fourth-order valence-electron chi connectivity index (χ4n) is 1.41. The third-order valence-electron chi connectivity index (χ3n) is 2.35. The van der Waals surface area contributed by atoms with E-state index in [9.17, 15) is 13.6 Å². The van der Waals surface area contributed by atoms with Crippen LogP contribution in [0.4, 0.5) is 8.78 Å². The number of nitrogens with one attached hydrogen (secondary N) is 1. The molecule has 5 heteroatoms. The highest BCUT2D eigenvalue weighted by Gasteiger charge is 2.11. The minimum absolute atomic E-state index is 0.0609. The summed E-state index contributed by atoms with van der Waals surface area (Å²) in [6, 6.07) is 2.89. The molecule has 0 saturated carbocycles. The Hall–Kier alpha value is -1.49. The number of hydrogen-bond donors (Lipinski definition) is 2. The number of rotatable bonds is 5. The molecule has 94 valence electrons. The molecule has 1 atom stereocenters. The summed E-state index contributed by atoms with van der Waals surface area (Å²) in [6.45, 7) is 1.85. The van der Waals surface area contributed by atoms with E-state index in [-0.39, 0.29) is 18.2 Å². The van der Waals surface area contributed by atoms with Crippen LogP contribution in [0.1, 0.15) is 30.1 Å². The van der Waals surface area contributed by atoms with Crippen molar-refractivity contribution in [1.82, 2.24) is 5.32 Å². The molecule has 0 aliphatic heterocycles. The van der Waals surface area contributed by atoms with E-state index < -0.39 is 17.5 Å². The van der Waals surface area contributed by atoms with Gasteiger partial charge in [-0.15, -0.1) is 0 Å². The summed E-state index contributed by atoms with van der Waals surface area (Å²) in [7, 11) is 0. The maximum Gasteiger partial charge on any atom is 0.251 e. The number of benzene rings is 1. The van der Waals surface area contributed by atoms with Gasteiger partial charge in [0.05, 0.1) is 0 Å². The molecule has 17 heavy (non-hydrogen) atoms. The Morgan fingerprint density at radius 2 is 2.12 bits per heavy atom. The molecule has 0 bridgehead atoms. The molecule has 1 aromatic carbocycles. The fraction of sp³-hybridized carbons (Fsp3) is 0.417. The zero-order valence-electron chi connectivity index (χ0n) is 9.54.